The van der Waals surface area contributed by atoms with Crippen molar-refractivity contribution in [3.8, 4) is 0 Å². The quantitative estimate of drug-likeness (QED) is 0.629. The Morgan fingerprint density at radius 1 is 1.20 bits per heavy atom. The Kier molecular flexibility index (Phi) is 4.11. The van der Waals surface area contributed by atoms with Gasteiger partial charge >= 0.3 is 0 Å². The number of rotatable bonds is 3. The van der Waals surface area contributed by atoms with Gasteiger partial charge in [0.2, 0.25) is 0 Å². The highest BCUT2D eigenvalue weighted by Crippen LogP contribution is 2.19. The van der Waals surface area contributed by atoms with Crippen LogP contribution < -0.4 is 0 Å². The van der Waals surface area contributed by atoms with E-state index in [0.29, 0.717) is 0 Å². The fourth-order valence-corrected chi connectivity index (χ4v) is 1.45. The second-order valence-electron chi connectivity index (χ2n) is 3.73. The van der Waals surface area contributed by atoms with E-state index in [0.717, 1.165) is 5.57 Å². The Balaban J connectivity index is 2.95. The summed E-state index contributed by atoms with van der Waals surface area (Å²) >= 11 is 0. The molecule has 0 aliphatic heterocycles. The lowest BCUT2D eigenvalue weighted by Gasteiger charge is -2.06. The molecule has 15 heavy (non-hydrogen) atoms. The SMILES string of the molecule is C=C(/C=C\C=C/C)c1cc(C)ccc1C. The normalized spacial score (nSPS) is 11.4. The Labute approximate surface area is 92.6 Å². The molecule has 0 bridgehead atoms. The first-order valence-electron chi connectivity index (χ1n) is 5.21. The maximum absolute atomic E-state index is 4.08. The van der Waals surface area contributed by atoms with E-state index in [9.17, 15) is 0 Å². The van der Waals surface area contributed by atoms with Gasteiger partial charge in [0.15, 0.2) is 0 Å². The van der Waals surface area contributed by atoms with E-state index in [-0.39, 0.29) is 0 Å². The second-order valence-corrected chi connectivity index (χ2v) is 3.73. The van der Waals surface area contributed by atoms with Crippen LogP contribution in [0.15, 0.2) is 49.1 Å². The molecule has 0 radical (unpaired) electrons. The van der Waals surface area contributed by atoms with Crippen LogP contribution in [0.1, 0.15) is 23.6 Å². The van der Waals surface area contributed by atoms with Crippen molar-refractivity contribution in [3.63, 3.8) is 0 Å². The van der Waals surface area contributed by atoms with Crippen molar-refractivity contribution in [1.82, 2.24) is 0 Å². The molecule has 0 saturated carbocycles. The van der Waals surface area contributed by atoms with Crippen molar-refractivity contribution in [2.45, 2.75) is 20.8 Å². The summed E-state index contributed by atoms with van der Waals surface area (Å²) in [5.41, 5.74) is 4.84. The zero-order chi connectivity index (χ0) is 11.3. The molecule has 1 aromatic carbocycles. The molecule has 0 heterocycles. The second kappa shape index (κ2) is 5.35. The van der Waals surface area contributed by atoms with Crippen molar-refractivity contribution in [2.24, 2.45) is 0 Å². The van der Waals surface area contributed by atoms with E-state index < -0.39 is 0 Å². The summed E-state index contributed by atoms with van der Waals surface area (Å²) in [6.07, 6.45) is 8.08. The molecule has 1 rings (SSSR count). The maximum atomic E-state index is 4.08. The smallest absolute Gasteiger partial charge is 0.0158 e. The lowest BCUT2D eigenvalue weighted by Crippen LogP contribution is -1.86. The van der Waals surface area contributed by atoms with Gasteiger partial charge in [-0.05, 0) is 37.5 Å². The highest BCUT2D eigenvalue weighted by molar-refractivity contribution is 5.74. The summed E-state index contributed by atoms with van der Waals surface area (Å²) < 4.78 is 0. The van der Waals surface area contributed by atoms with E-state index in [1.807, 2.05) is 31.2 Å². The lowest BCUT2D eigenvalue weighted by molar-refractivity contribution is 1.37. The summed E-state index contributed by atoms with van der Waals surface area (Å²) in [4.78, 5) is 0. The maximum Gasteiger partial charge on any atom is -0.0158 e. The van der Waals surface area contributed by atoms with Crippen molar-refractivity contribution < 1.29 is 0 Å². The minimum atomic E-state index is 1.06. The van der Waals surface area contributed by atoms with Crippen LogP contribution in [0.4, 0.5) is 0 Å². The van der Waals surface area contributed by atoms with Crippen molar-refractivity contribution in [2.75, 3.05) is 0 Å². The third-order valence-electron chi connectivity index (χ3n) is 2.34. The van der Waals surface area contributed by atoms with Gasteiger partial charge in [0, 0.05) is 0 Å². The van der Waals surface area contributed by atoms with Crippen LogP contribution in [0.2, 0.25) is 0 Å². The molecule has 0 unspecified atom stereocenters. The van der Waals surface area contributed by atoms with Crippen LogP contribution in [-0.2, 0) is 0 Å². The fourth-order valence-electron chi connectivity index (χ4n) is 1.45. The van der Waals surface area contributed by atoms with E-state index in [2.05, 4.69) is 38.6 Å². The molecular weight excluding hydrogens is 180 g/mol. The lowest BCUT2D eigenvalue weighted by atomic mass is 9.99. The monoisotopic (exact) mass is 198 g/mol. The van der Waals surface area contributed by atoms with Crippen LogP contribution in [-0.4, -0.2) is 0 Å². The van der Waals surface area contributed by atoms with Crippen LogP contribution in [0.3, 0.4) is 0 Å². The Morgan fingerprint density at radius 3 is 2.60 bits per heavy atom. The number of allylic oxidation sites excluding steroid dienone is 5. The zero-order valence-corrected chi connectivity index (χ0v) is 9.75. The molecular formula is C15H18. The third kappa shape index (κ3) is 3.25. The molecule has 0 amide bonds. The molecule has 78 valence electrons. The van der Waals surface area contributed by atoms with Crippen molar-refractivity contribution in [1.29, 1.82) is 0 Å². The van der Waals surface area contributed by atoms with Gasteiger partial charge in [0.1, 0.15) is 0 Å². The molecule has 0 spiro atoms. The van der Waals surface area contributed by atoms with Gasteiger partial charge < -0.3 is 0 Å². The standard InChI is InChI=1S/C15H18/c1-5-6-7-8-13(3)15-11-12(2)9-10-14(15)4/h5-11H,3H2,1-2,4H3/b6-5-,8-7-. The van der Waals surface area contributed by atoms with Gasteiger partial charge in [-0.15, -0.1) is 0 Å². The molecule has 0 aromatic heterocycles. The molecule has 0 aliphatic carbocycles. The molecule has 1 aromatic rings. The largest absolute Gasteiger partial charge is 0.0911 e. The summed E-state index contributed by atoms with van der Waals surface area (Å²) in [5, 5.41) is 0. The predicted molar refractivity (Wildman–Crippen MR) is 68.9 cm³/mol. The van der Waals surface area contributed by atoms with Gasteiger partial charge in [-0.25, -0.2) is 0 Å². The summed E-state index contributed by atoms with van der Waals surface area (Å²) in [5.74, 6) is 0. The van der Waals surface area contributed by atoms with E-state index >= 15 is 0 Å². The van der Waals surface area contributed by atoms with Crippen molar-refractivity contribution >= 4 is 5.57 Å². The zero-order valence-electron chi connectivity index (χ0n) is 9.75. The van der Waals surface area contributed by atoms with Gasteiger partial charge in [-0.3, -0.25) is 0 Å². The average molecular weight is 198 g/mol. The molecule has 0 fully saturated rings. The summed E-state index contributed by atoms with van der Waals surface area (Å²) in [6.45, 7) is 10.3. The van der Waals surface area contributed by atoms with E-state index in [1.165, 1.54) is 16.7 Å². The number of aryl methyl sites for hydroxylation is 2. The number of hydrogen-bond acceptors (Lipinski definition) is 0. The van der Waals surface area contributed by atoms with Crippen LogP contribution in [0.25, 0.3) is 5.57 Å². The summed E-state index contributed by atoms with van der Waals surface area (Å²) in [7, 11) is 0. The van der Waals surface area contributed by atoms with Crippen LogP contribution >= 0.6 is 0 Å². The Morgan fingerprint density at radius 2 is 1.93 bits per heavy atom. The minimum absolute atomic E-state index is 1.06. The highest BCUT2D eigenvalue weighted by Gasteiger charge is 1.99. The van der Waals surface area contributed by atoms with Gasteiger partial charge in [0.25, 0.3) is 0 Å². The highest BCUT2D eigenvalue weighted by atomic mass is 14.0. The van der Waals surface area contributed by atoms with Crippen LogP contribution in [0, 0.1) is 13.8 Å². The number of hydrogen-bond donors (Lipinski definition) is 0. The molecule has 0 heteroatoms. The average Bonchev–Trinajstić information content (AvgIpc) is 2.22. The van der Waals surface area contributed by atoms with E-state index in [1.54, 1.807) is 0 Å². The molecule has 0 saturated heterocycles. The van der Waals surface area contributed by atoms with Crippen LogP contribution in [0.5, 0.6) is 0 Å². The summed E-state index contributed by atoms with van der Waals surface area (Å²) in [6, 6.07) is 6.44. The molecule has 0 nitrogen and oxygen atoms in total. The van der Waals surface area contributed by atoms with E-state index in [4.69, 9.17) is 0 Å². The molecule has 0 atom stereocenters. The van der Waals surface area contributed by atoms with Gasteiger partial charge in [-0.2, -0.15) is 0 Å². The minimum Gasteiger partial charge on any atom is -0.0911 e. The third-order valence-corrected chi connectivity index (χ3v) is 2.34. The first-order valence-corrected chi connectivity index (χ1v) is 5.21. The van der Waals surface area contributed by atoms with Crippen molar-refractivity contribution in [3.05, 3.63) is 65.8 Å². The van der Waals surface area contributed by atoms with Gasteiger partial charge in [-0.1, -0.05) is 54.6 Å². The Bertz CT molecular complexity index is 406. The topological polar surface area (TPSA) is 0 Å². The molecule has 0 N–H and O–H groups in total. The Hall–Kier alpha value is -1.56. The predicted octanol–water partition coefficient (Wildman–Crippen LogP) is 4.45. The van der Waals surface area contributed by atoms with Gasteiger partial charge in [0.05, 0.1) is 0 Å². The molecule has 0 aliphatic rings. The fraction of sp³-hybridized carbons (Fsp3) is 0.200. The number of benzene rings is 1. The first kappa shape index (κ1) is 11.5. The first-order chi connectivity index (χ1) is 7.15.